The van der Waals surface area contributed by atoms with E-state index in [9.17, 15) is 48.3 Å². The molecule has 5 atom stereocenters. The number of nitrogens with zero attached hydrogens (tertiary/aromatic N) is 3. The molecule has 68 heavy (non-hydrogen) atoms. The third-order valence-electron chi connectivity index (χ3n) is 13.7. The lowest BCUT2D eigenvalue weighted by Crippen LogP contribution is -2.54. The van der Waals surface area contributed by atoms with E-state index in [0.29, 0.717) is 53.7 Å². The molecule has 1 saturated carbocycles. The molecule has 7 amide bonds. The predicted octanol–water partition coefficient (Wildman–Crippen LogP) is 0.720. The Kier molecular flexibility index (Phi) is 12.8. The van der Waals surface area contributed by atoms with Crippen LogP contribution in [0.5, 0.6) is 0 Å². The summed E-state index contributed by atoms with van der Waals surface area (Å²) in [5.74, 6) is -5.08. The van der Waals surface area contributed by atoms with Crippen molar-refractivity contribution < 1.29 is 57.3 Å². The fourth-order valence-corrected chi connectivity index (χ4v) is 9.43. The van der Waals surface area contributed by atoms with Crippen LogP contribution in [0.1, 0.15) is 106 Å². The Bertz CT molecular complexity index is 2780. The van der Waals surface area contributed by atoms with E-state index in [1.54, 1.807) is 19.9 Å². The molecule has 5 heterocycles. The van der Waals surface area contributed by atoms with Crippen molar-refractivity contribution in [1.29, 1.82) is 0 Å². The molecule has 20 nitrogen and oxygen atoms in total. The smallest absolute Gasteiger partial charge is 0.343 e. The van der Waals surface area contributed by atoms with E-state index < -0.39 is 88.0 Å². The van der Waals surface area contributed by atoms with Gasteiger partial charge in [0.25, 0.3) is 17.4 Å². The summed E-state index contributed by atoms with van der Waals surface area (Å²) in [6, 6.07) is -0.719. The minimum absolute atomic E-state index is 0.0265. The highest BCUT2D eigenvalue weighted by atomic mass is 19.1. The van der Waals surface area contributed by atoms with E-state index in [0.717, 1.165) is 33.6 Å². The van der Waals surface area contributed by atoms with Crippen molar-refractivity contribution in [1.82, 2.24) is 41.0 Å². The fraction of sp³-hybridized carbons (Fsp3) is 0.489. The topological polar surface area (TPSA) is 274 Å². The second-order valence-electron chi connectivity index (χ2n) is 18.3. The number of aliphatic hydroxyl groups is 1. The van der Waals surface area contributed by atoms with E-state index in [-0.39, 0.29) is 69.3 Å². The Hall–Kier alpha value is -6.87. The number of hydrogen-bond donors (Lipinski definition) is 6. The molecule has 3 aliphatic heterocycles. The van der Waals surface area contributed by atoms with Crippen LogP contribution in [0.3, 0.4) is 0 Å². The van der Waals surface area contributed by atoms with Crippen LogP contribution in [0.2, 0.25) is 0 Å². The Morgan fingerprint density at radius 1 is 0.926 bits per heavy atom. The molecule has 0 spiro atoms. The number of rotatable bonds is 17. The predicted molar refractivity (Wildman–Crippen MR) is 237 cm³/mol. The lowest BCUT2D eigenvalue weighted by Gasteiger charge is -2.31. The number of imide groups is 1. The molecule has 2 aliphatic carbocycles. The van der Waals surface area contributed by atoms with Crippen LogP contribution in [0.25, 0.3) is 22.3 Å². The second kappa shape index (κ2) is 18.3. The van der Waals surface area contributed by atoms with Crippen molar-refractivity contribution in [2.24, 2.45) is 5.41 Å². The lowest BCUT2D eigenvalue weighted by atomic mass is 9.81. The zero-order valence-corrected chi connectivity index (χ0v) is 38.3. The number of cyclic esters (lactones) is 1. The van der Waals surface area contributed by atoms with Crippen LogP contribution in [0, 0.1) is 18.2 Å². The van der Waals surface area contributed by atoms with Crippen LogP contribution < -0.4 is 32.1 Å². The van der Waals surface area contributed by atoms with Gasteiger partial charge in [-0.2, -0.15) is 0 Å². The van der Waals surface area contributed by atoms with Crippen LogP contribution in [0.15, 0.2) is 29.1 Å². The van der Waals surface area contributed by atoms with E-state index >= 15 is 4.39 Å². The third kappa shape index (κ3) is 8.86. The maximum absolute atomic E-state index is 15.4. The minimum Gasteiger partial charge on any atom is -0.458 e. The number of nitrogens with one attached hydrogen (secondary N) is 5. The van der Waals surface area contributed by atoms with Crippen molar-refractivity contribution in [3.63, 3.8) is 0 Å². The highest BCUT2D eigenvalue weighted by molar-refractivity contribution is 6.13. The Labute approximate surface area is 388 Å². The second-order valence-corrected chi connectivity index (χ2v) is 18.3. The number of ether oxygens (including phenoxy) is 2. The first-order chi connectivity index (χ1) is 32.2. The molecule has 0 radical (unpaired) electrons. The number of esters is 1. The quantitative estimate of drug-likeness (QED) is 0.0369. The van der Waals surface area contributed by atoms with Crippen LogP contribution in [-0.4, -0.2) is 105 Å². The average molecular weight is 941 g/mol. The SMILES string of the molecule is CC[C@@]1(O)C(=O)OCc2c1cc1n(c2=O)Cc2c-1nc1cc(F)c(C)c3c1c2[C@@H](NC(=O)CC1(COCNC(=O)[C@H](C)NC(=O)[C@H](C)NC(=O)[C@H](C)NC(=O)CCN2C(=O)C=CC2=O)CC1)CC3. The molecule has 21 heteroatoms. The molecular formula is C47H53FN8O12. The summed E-state index contributed by atoms with van der Waals surface area (Å²) < 4.78 is 27.9. The number of aromatic nitrogens is 2. The molecule has 2 aromatic heterocycles. The van der Waals surface area contributed by atoms with E-state index in [1.807, 2.05) is 0 Å². The first-order valence-corrected chi connectivity index (χ1v) is 22.7. The highest BCUT2D eigenvalue weighted by Crippen LogP contribution is 2.50. The van der Waals surface area contributed by atoms with Gasteiger partial charge in [0.15, 0.2) is 5.60 Å². The Morgan fingerprint density at radius 3 is 2.25 bits per heavy atom. The van der Waals surface area contributed by atoms with Gasteiger partial charge in [-0.1, -0.05) is 6.92 Å². The largest absolute Gasteiger partial charge is 0.458 e. The maximum Gasteiger partial charge on any atom is 0.343 e. The average Bonchev–Trinajstić information content (AvgIpc) is 3.84. The van der Waals surface area contributed by atoms with Crippen LogP contribution >= 0.6 is 0 Å². The fourth-order valence-electron chi connectivity index (χ4n) is 9.43. The summed E-state index contributed by atoms with van der Waals surface area (Å²) in [6.45, 7) is 7.18. The summed E-state index contributed by atoms with van der Waals surface area (Å²) in [6.07, 6.45) is 4.39. The molecule has 360 valence electrons. The Balaban J connectivity index is 0.841. The van der Waals surface area contributed by atoms with Gasteiger partial charge >= 0.3 is 5.97 Å². The molecule has 0 bridgehead atoms. The Morgan fingerprint density at radius 2 is 1.59 bits per heavy atom. The molecule has 3 aromatic rings. The first kappa shape index (κ1) is 47.6. The van der Waals surface area contributed by atoms with Gasteiger partial charge in [-0.05, 0) is 82.6 Å². The van der Waals surface area contributed by atoms with E-state index in [4.69, 9.17) is 14.5 Å². The van der Waals surface area contributed by atoms with E-state index in [1.165, 1.54) is 31.4 Å². The molecule has 1 fully saturated rings. The highest BCUT2D eigenvalue weighted by Gasteiger charge is 2.47. The molecule has 0 saturated heterocycles. The van der Waals surface area contributed by atoms with Gasteiger partial charge in [0.2, 0.25) is 29.5 Å². The normalized spacial score (nSPS) is 20.7. The lowest BCUT2D eigenvalue weighted by molar-refractivity contribution is -0.172. The van der Waals surface area contributed by atoms with Gasteiger partial charge < -0.3 is 45.7 Å². The molecule has 1 aromatic carbocycles. The monoisotopic (exact) mass is 940 g/mol. The molecule has 0 unspecified atom stereocenters. The number of halogens is 1. The van der Waals surface area contributed by atoms with Gasteiger partial charge in [0, 0.05) is 59.5 Å². The van der Waals surface area contributed by atoms with Crippen LogP contribution in [0.4, 0.5) is 4.39 Å². The first-order valence-electron chi connectivity index (χ1n) is 22.7. The molecule has 8 rings (SSSR count). The number of carbonyl (C=O) groups excluding carboxylic acids is 8. The number of fused-ring (bicyclic) bond motifs is 5. The third-order valence-corrected chi connectivity index (χ3v) is 13.7. The minimum atomic E-state index is -2.03. The number of amides is 7. The van der Waals surface area contributed by atoms with Crippen molar-refractivity contribution in [2.75, 3.05) is 19.9 Å². The summed E-state index contributed by atoms with van der Waals surface area (Å²) in [7, 11) is 0. The number of aryl methyl sites for hydroxylation is 1. The number of carbonyl (C=O) groups is 8. The molecule has 6 N–H and O–H groups in total. The summed E-state index contributed by atoms with van der Waals surface area (Å²) in [5, 5.41) is 25.3. The van der Waals surface area contributed by atoms with Gasteiger partial charge in [-0.15, -0.1) is 0 Å². The van der Waals surface area contributed by atoms with Gasteiger partial charge in [-0.3, -0.25) is 43.3 Å². The zero-order valence-electron chi connectivity index (χ0n) is 38.3. The summed E-state index contributed by atoms with van der Waals surface area (Å²) >= 11 is 0. The van der Waals surface area contributed by atoms with Crippen molar-refractivity contribution in [3.8, 4) is 11.4 Å². The van der Waals surface area contributed by atoms with Gasteiger partial charge in [-0.25, -0.2) is 14.2 Å². The van der Waals surface area contributed by atoms with E-state index in [2.05, 4.69) is 26.6 Å². The maximum atomic E-state index is 15.4. The summed E-state index contributed by atoms with van der Waals surface area (Å²) in [5.41, 5.74) is 1.20. The van der Waals surface area contributed by atoms with Gasteiger partial charge in [0.1, 0.15) is 37.3 Å². The number of pyridine rings is 2. The van der Waals surface area contributed by atoms with Crippen molar-refractivity contribution in [3.05, 3.63) is 73.8 Å². The standard InChI is InChI=1S/C47H53FN8O12/c1-6-47(66)29-15-33-40-27(18-56(33)44(64)28(29)19-68-45(47)65)39-31(8-7-26-22(2)30(48)16-32(54-40)38(26)39)53-35(58)17-46(12-13-46)20-67-21-49-41(61)23(3)51-43(63)25(5)52-42(62)24(4)50-34(57)11-14-55-36(59)9-10-37(55)60/h9-10,15-16,23-25,31,66H,6-8,11-14,17-21H2,1-5H3,(H,49,61)(H,50,57)(H,51,63)(H,52,62)(H,53,58)/t23-,24-,25-,31-,47-/m0/s1. The zero-order chi connectivity index (χ0) is 49.0. The molecular weight excluding hydrogens is 888 g/mol. The number of benzene rings is 1. The molecule has 5 aliphatic rings. The summed E-state index contributed by atoms with van der Waals surface area (Å²) in [4.78, 5) is 120. The van der Waals surface area contributed by atoms with Crippen LogP contribution in [-0.2, 0) is 73.0 Å². The van der Waals surface area contributed by atoms with Crippen molar-refractivity contribution in [2.45, 2.75) is 122 Å². The number of hydrogen-bond acceptors (Lipinski definition) is 13. The van der Waals surface area contributed by atoms with Crippen molar-refractivity contribution >= 4 is 58.2 Å². The van der Waals surface area contributed by atoms with Gasteiger partial charge in [0.05, 0.1) is 41.7 Å².